The molecule has 1 amide bonds. The number of carbonyl (C=O) groups excluding carboxylic acids is 1. The monoisotopic (exact) mass is 429 g/mol. The minimum absolute atomic E-state index is 0.222. The van der Waals surface area contributed by atoms with Gasteiger partial charge in [-0.25, -0.2) is 0 Å². The molecule has 4 rings (SSSR count). The highest BCUT2D eigenvalue weighted by atomic mass is 79.9. The number of fused-ring (bicyclic) bond motifs is 1. The molecule has 0 aliphatic rings. The Hall–Kier alpha value is -2.78. The highest BCUT2D eigenvalue weighted by Crippen LogP contribution is 2.32. The van der Waals surface area contributed by atoms with E-state index in [9.17, 15) is 4.79 Å². The van der Waals surface area contributed by atoms with Gasteiger partial charge in [-0.15, -0.1) is 10.2 Å². The van der Waals surface area contributed by atoms with Gasteiger partial charge in [0.15, 0.2) is 0 Å². The summed E-state index contributed by atoms with van der Waals surface area (Å²) in [5.74, 6) is 0.347. The number of carbonyl (C=O) groups is 1. The normalized spacial score (nSPS) is 10.8. The Labute approximate surface area is 160 Å². The van der Waals surface area contributed by atoms with Crippen LogP contribution in [0, 0.1) is 0 Å². The third-order valence-electron chi connectivity index (χ3n) is 3.67. The molecule has 0 radical (unpaired) electrons. The number of nitrogens with one attached hydrogen (secondary N) is 1. The van der Waals surface area contributed by atoms with Crippen LogP contribution in [0.2, 0.25) is 0 Å². The lowest BCUT2D eigenvalue weighted by Gasteiger charge is -2.11. The van der Waals surface area contributed by atoms with E-state index in [1.807, 2.05) is 24.3 Å². The van der Waals surface area contributed by atoms with E-state index >= 15 is 0 Å². The van der Waals surface area contributed by atoms with E-state index in [1.165, 1.54) is 11.3 Å². The topological polar surface area (TPSA) is 81.4 Å². The molecule has 0 saturated carbocycles. The molecule has 4 aromatic rings. The number of methoxy groups -OCH3 is 1. The van der Waals surface area contributed by atoms with Crippen molar-refractivity contribution in [1.29, 1.82) is 0 Å². The fourth-order valence-corrected chi connectivity index (χ4v) is 3.65. The molecular formula is C17H12BrN5O2S. The summed E-state index contributed by atoms with van der Waals surface area (Å²) >= 11 is 4.79. The third kappa shape index (κ3) is 3.18. The van der Waals surface area contributed by atoms with Gasteiger partial charge in [0.25, 0.3) is 5.91 Å². The second-order valence-corrected chi connectivity index (χ2v) is 7.22. The van der Waals surface area contributed by atoms with Crippen molar-refractivity contribution in [1.82, 2.24) is 19.8 Å². The molecule has 130 valence electrons. The van der Waals surface area contributed by atoms with Gasteiger partial charge in [0.2, 0.25) is 4.96 Å². The molecule has 0 saturated heterocycles. The van der Waals surface area contributed by atoms with E-state index in [0.717, 1.165) is 15.0 Å². The number of amides is 1. The quantitative estimate of drug-likeness (QED) is 0.532. The van der Waals surface area contributed by atoms with E-state index < -0.39 is 0 Å². The van der Waals surface area contributed by atoms with Crippen LogP contribution >= 0.6 is 27.3 Å². The lowest BCUT2D eigenvalue weighted by Crippen LogP contribution is -2.12. The van der Waals surface area contributed by atoms with Crippen molar-refractivity contribution in [2.45, 2.75) is 0 Å². The van der Waals surface area contributed by atoms with Crippen LogP contribution < -0.4 is 10.1 Å². The molecule has 0 aliphatic carbocycles. The molecule has 0 spiro atoms. The molecule has 0 aliphatic heterocycles. The van der Waals surface area contributed by atoms with Gasteiger partial charge in [0, 0.05) is 15.6 Å². The number of halogens is 1. The van der Waals surface area contributed by atoms with E-state index in [4.69, 9.17) is 4.74 Å². The smallest absolute Gasteiger partial charge is 0.255 e. The molecule has 0 unspecified atom stereocenters. The Morgan fingerprint density at radius 1 is 1.27 bits per heavy atom. The Morgan fingerprint density at radius 2 is 2.15 bits per heavy atom. The first-order valence-corrected chi connectivity index (χ1v) is 9.17. The van der Waals surface area contributed by atoms with Crippen LogP contribution in [-0.2, 0) is 0 Å². The summed E-state index contributed by atoms with van der Waals surface area (Å²) in [6, 6.07) is 12.7. The van der Waals surface area contributed by atoms with Gasteiger partial charge in [0.1, 0.15) is 17.1 Å². The average molecular weight is 430 g/mol. The van der Waals surface area contributed by atoms with Crippen LogP contribution in [-0.4, -0.2) is 32.8 Å². The molecule has 0 atom stereocenters. The summed E-state index contributed by atoms with van der Waals surface area (Å²) in [6.45, 7) is 0. The molecule has 2 aromatic heterocycles. The first-order chi connectivity index (χ1) is 12.6. The maximum absolute atomic E-state index is 12.6. The SMILES string of the molecule is COc1ccc(-c2nn3cnnc3s2)cc1NC(=O)c1cccc(Br)c1. The van der Waals surface area contributed by atoms with Crippen molar-refractivity contribution in [3.05, 3.63) is 58.8 Å². The third-order valence-corrected chi connectivity index (χ3v) is 5.12. The van der Waals surface area contributed by atoms with Crippen molar-refractivity contribution < 1.29 is 9.53 Å². The summed E-state index contributed by atoms with van der Waals surface area (Å²) in [4.78, 5) is 13.3. The molecule has 0 fully saturated rings. The van der Waals surface area contributed by atoms with E-state index in [2.05, 4.69) is 36.5 Å². The molecule has 0 bridgehead atoms. The second-order valence-electron chi connectivity index (χ2n) is 5.34. The Bertz CT molecular complexity index is 1080. The summed E-state index contributed by atoms with van der Waals surface area (Å²) in [5.41, 5.74) is 1.97. The fourth-order valence-electron chi connectivity index (χ4n) is 2.44. The number of rotatable bonds is 4. The predicted octanol–water partition coefficient (Wildman–Crippen LogP) is 3.88. The van der Waals surface area contributed by atoms with E-state index in [-0.39, 0.29) is 5.91 Å². The Balaban J connectivity index is 1.68. The average Bonchev–Trinajstić information content (AvgIpc) is 3.23. The van der Waals surface area contributed by atoms with E-state index in [1.54, 1.807) is 36.2 Å². The summed E-state index contributed by atoms with van der Waals surface area (Å²) < 4.78 is 7.83. The van der Waals surface area contributed by atoms with Gasteiger partial charge in [-0.1, -0.05) is 33.3 Å². The second kappa shape index (κ2) is 6.85. The highest BCUT2D eigenvalue weighted by molar-refractivity contribution is 9.10. The molecule has 1 N–H and O–H groups in total. The number of hydrogen-bond acceptors (Lipinski definition) is 6. The standard InChI is InChI=1S/C17H12BrN5O2S/c1-25-14-6-5-11(16-22-23-9-19-21-17(23)26-16)8-13(14)20-15(24)10-3-2-4-12(18)7-10/h2-9H,1H3,(H,20,24). The Kier molecular flexibility index (Phi) is 4.39. The Morgan fingerprint density at radius 3 is 2.92 bits per heavy atom. The lowest BCUT2D eigenvalue weighted by atomic mass is 10.1. The van der Waals surface area contributed by atoms with Gasteiger partial charge < -0.3 is 10.1 Å². The maximum atomic E-state index is 12.6. The van der Waals surface area contributed by atoms with Gasteiger partial charge in [-0.2, -0.15) is 9.61 Å². The molecule has 2 aromatic carbocycles. The number of hydrogen-bond donors (Lipinski definition) is 1. The minimum atomic E-state index is -0.222. The zero-order valence-electron chi connectivity index (χ0n) is 13.5. The molecule has 2 heterocycles. The van der Waals surface area contributed by atoms with E-state index in [0.29, 0.717) is 22.0 Å². The predicted molar refractivity (Wildman–Crippen MR) is 103 cm³/mol. The van der Waals surface area contributed by atoms with Crippen LogP contribution in [0.4, 0.5) is 5.69 Å². The minimum Gasteiger partial charge on any atom is -0.495 e. The number of aromatic nitrogens is 4. The largest absolute Gasteiger partial charge is 0.495 e. The molecular weight excluding hydrogens is 418 g/mol. The highest BCUT2D eigenvalue weighted by Gasteiger charge is 2.14. The van der Waals surface area contributed by atoms with Gasteiger partial charge >= 0.3 is 0 Å². The first kappa shape index (κ1) is 16.7. The molecule has 9 heteroatoms. The summed E-state index contributed by atoms with van der Waals surface area (Å²) in [6.07, 6.45) is 1.55. The number of anilines is 1. The van der Waals surface area contributed by atoms with Crippen molar-refractivity contribution in [3.8, 4) is 16.3 Å². The number of ether oxygens (including phenoxy) is 1. The molecule has 7 nitrogen and oxygen atoms in total. The number of benzene rings is 2. The van der Waals surface area contributed by atoms with Crippen LogP contribution in [0.15, 0.2) is 53.3 Å². The van der Waals surface area contributed by atoms with Crippen LogP contribution in [0.1, 0.15) is 10.4 Å². The zero-order chi connectivity index (χ0) is 18.1. The van der Waals surface area contributed by atoms with Crippen molar-refractivity contribution in [3.63, 3.8) is 0 Å². The maximum Gasteiger partial charge on any atom is 0.255 e. The van der Waals surface area contributed by atoms with Crippen LogP contribution in [0.25, 0.3) is 15.5 Å². The van der Waals surface area contributed by atoms with Gasteiger partial charge in [-0.05, 0) is 36.4 Å². The van der Waals surface area contributed by atoms with Crippen molar-refractivity contribution >= 4 is 43.8 Å². The van der Waals surface area contributed by atoms with Crippen LogP contribution in [0.5, 0.6) is 5.75 Å². The van der Waals surface area contributed by atoms with Gasteiger partial charge in [-0.3, -0.25) is 4.79 Å². The zero-order valence-corrected chi connectivity index (χ0v) is 15.9. The van der Waals surface area contributed by atoms with Gasteiger partial charge in [0.05, 0.1) is 12.8 Å². The first-order valence-electron chi connectivity index (χ1n) is 7.56. The fraction of sp³-hybridized carbons (Fsp3) is 0.0588. The van der Waals surface area contributed by atoms with Crippen molar-refractivity contribution in [2.24, 2.45) is 0 Å². The van der Waals surface area contributed by atoms with Crippen LogP contribution in [0.3, 0.4) is 0 Å². The number of nitrogens with zero attached hydrogens (tertiary/aromatic N) is 4. The lowest BCUT2D eigenvalue weighted by molar-refractivity contribution is 0.102. The summed E-state index contributed by atoms with van der Waals surface area (Å²) in [5, 5.41) is 15.9. The summed E-state index contributed by atoms with van der Waals surface area (Å²) in [7, 11) is 1.56. The van der Waals surface area contributed by atoms with Crippen molar-refractivity contribution in [2.75, 3.05) is 12.4 Å². The molecule has 26 heavy (non-hydrogen) atoms.